The zero-order valence-electron chi connectivity index (χ0n) is 12.7. The topological polar surface area (TPSA) is 83.1 Å². The number of hydrogen-bond acceptors (Lipinski definition) is 4. The van der Waals surface area contributed by atoms with Crippen molar-refractivity contribution in [3.05, 3.63) is 23.6 Å². The molecule has 1 aromatic rings. The van der Waals surface area contributed by atoms with Gasteiger partial charge in [0.15, 0.2) is 0 Å². The summed E-state index contributed by atoms with van der Waals surface area (Å²) in [5, 5.41) is 8.08. The minimum Gasteiger partial charge on any atom is -0.372 e. The van der Waals surface area contributed by atoms with E-state index in [0.717, 1.165) is 12.3 Å². The molecule has 0 saturated carbocycles. The van der Waals surface area contributed by atoms with E-state index in [9.17, 15) is 14.0 Å². The van der Waals surface area contributed by atoms with Crippen molar-refractivity contribution in [1.29, 1.82) is 0 Å². The second-order valence-electron chi connectivity index (χ2n) is 5.60. The van der Waals surface area contributed by atoms with E-state index < -0.39 is 11.7 Å². The van der Waals surface area contributed by atoms with E-state index in [-0.39, 0.29) is 35.8 Å². The molecule has 0 saturated heterocycles. The van der Waals surface area contributed by atoms with Crippen molar-refractivity contribution in [2.24, 2.45) is 0 Å². The van der Waals surface area contributed by atoms with Crippen molar-refractivity contribution in [2.75, 3.05) is 18.9 Å². The Bertz CT molecular complexity index is 526. The molecule has 0 spiro atoms. The van der Waals surface area contributed by atoms with Crippen molar-refractivity contribution in [2.45, 2.75) is 32.7 Å². The van der Waals surface area contributed by atoms with Gasteiger partial charge in [-0.25, -0.2) is 9.37 Å². The molecule has 116 valence electrons. The fraction of sp³-hybridized carbons (Fsp3) is 0.500. The molecular weight excluding hydrogens is 275 g/mol. The Morgan fingerprint density at radius 3 is 2.57 bits per heavy atom. The molecule has 6 nitrogen and oxygen atoms in total. The lowest BCUT2D eigenvalue weighted by Gasteiger charge is -2.20. The van der Waals surface area contributed by atoms with Crippen molar-refractivity contribution >= 4 is 17.6 Å². The normalized spacial score (nSPS) is 10.9. The quantitative estimate of drug-likeness (QED) is 0.765. The van der Waals surface area contributed by atoms with E-state index in [4.69, 9.17) is 0 Å². The Kier molecular flexibility index (Phi) is 5.63. The van der Waals surface area contributed by atoms with Gasteiger partial charge < -0.3 is 16.0 Å². The number of carbonyl (C=O) groups excluding carboxylic acids is 2. The molecule has 0 aliphatic heterocycles. The van der Waals surface area contributed by atoms with Gasteiger partial charge in [-0.05, 0) is 26.8 Å². The fourth-order valence-corrected chi connectivity index (χ4v) is 1.68. The number of aromatic nitrogens is 1. The number of nitrogens with zero attached hydrogens (tertiary/aromatic N) is 1. The summed E-state index contributed by atoms with van der Waals surface area (Å²) in [6.07, 6.45) is 1.18. The van der Waals surface area contributed by atoms with Gasteiger partial charge in [0.05, 0.1) is 11.8 Å². The van der Waals surface area contributed by atoms with Crippen LogP contribution in [0.4, 0.5) is 10.2 Å². The van der Waals surface area contributed by atoms with Gasteiger partial charge >= 0.3 is 0 Å². The maximum atomic E-state index is 13.1. The molecule has 7 heteroatoms. The van der Waals surface area contributed by atoms with Crippen LogP contribution in [0.1, 0.15) is 37.6 Å². The van der Waals surface area contributed by atoms with E-state index in [1.165, 1.54) is 0 Å². The van der Waals surface area contributed by atoms with Gasteiger partial charge in [0.1, 0.15) is 11.6 Å². The van der Waals surface area contributed by atoms with E-state index in [0.29, 0.717) is 0 Å². The molecule has 0 atom stereocenters. The predicted octanol–water partition coefficient (Wildman–Crippen LogP) is 1.30. The molecule has 21 heavy (non-hydrogen) atoms. The average molecular weight is 296 g/mol. The molecule has 0 radical (unpaired) electrons. The lowest BCUT2D eigenvalue weighted by atomic mass is 10.1. The molecular formula is C14H21FN4O2. The summed E-state index contributed by atoms with van der Waals surface area (Å²) in [7, 11) is 1.59. The molecule has 0 aliphatic carbocycles. The summed E-state index contributed by atoms with van der Waals surface area (Å²) in [5.41, 5.74) is -0.207. The molecule has 3 N–H and O–H groups in total. The maximum absolute atomic E-state index is 13.1. The highest BCUT2D eigenvalue weighted by Crippen LogP contribution is 2.12. The first-order chi connectivity index (χ1) is 9.73. The maximum Gasteiger partial charge on any atom is 0.255 e. The van der Waals surface area contributed by atoms with E-state index in [2.05, 4.69) is 20.9 Å². The summed E-state index contributed by atoms with van der Waals surface area (Å²) in [6, 6.07) is 1.10. The second kappa shape index (κ2) is 7.01. The van der Waals surface area contributed by atoms with Crippen molar-refractivity contribution < 1.29 is 14.0 Å². The van der Waals surface area contributed by atoms with Gasteiger partial charge in [-0.3, -0.25) is 9.59 Å². The van der Waals surface area contributed by atoms with Crippen LogP contribution in [0, 0.1) is 5.82 Å². The van der Waals surface area contributed by atoms with Crippen LogP contribution in [-0.2, 0) is 4.79 Å². The lowest BCUT2D eigenvalue weighted by molar-refractivity contribution is -0.122. The summed E-state index contributed by atoms with van der Waals surface area (Å²) < 4.78 is 13.1. The van der Waals surface area contributed by atoms with Gasteiger partial charge in [-0.1, -0.05) is 0 Å². The van der Waals surface area contributed by atoms with Crippen LogP contribution in [0.2, 0.25) is 0 Å². The number of pyridine rings is 1. The largest absolute Gasteiger partial charge is 0.372 e. The summed E-state index contributed by atoms with van der Waals surface area (Å²) >= 11 is 0. The number of anilines is 1. The third-order valence-corrected chi connectivity index (χ3v) is 2.49. The number of halogens is 1. The Labute approximate surface area is 123 Å². The number of hydrogen-bond donors (Lipinski definition) is 3. The molecule has 1 heterocycles. The first-order valence-electron chi connectivity index (χ1n) is 6.65. The van der Waals surface area contributed by atoms with Crippen LogP contribution in [0.3, 0.4) is 0 Å². The highest BCUT2D eigenvalue weighted by atomic mass is 19.1. The van der Waals surface area contributed by atoms with E-state index in [1.807, 2.05) is 20.8 Å². The van der Waals surface area contributed by atoms with Gasteiger partial charge in [0, 0.05) is 25.6 Å². The average Bonchev–Trinajstić information content (AvgIpc) is 2.36. The first-order valence-corrected chi connectivity index (χ1v) is 6.65. The van der Waals surface area contributed by atoms with Crippen LogP contribution < -0.4 is 16.0 Å². The smallest absolute Gasteiger partial charge is 0.255 e. The molecule has 0 fully saturated rings. The Morgan fingerprint density at radius 1 is 1.33 bits per heavy atom. The van der Waals surface area contributed by atoms with Gasteiger partial charge in [-0.15, -0.1) is 0 Å². The van der Waals surface area contributed by atoms with Crippen LogP contribution in [0.5, 0.6) is 0 Å². The Morgan fingerprint density at radius 2 is 2.00 bits per heavy atom. The molecule has 0 aromatic carbocycles. The number of rotatable bonds is 5. The van der Waals surface area contributed by atoms with Crippen molar-refractivity contribution in [3.63, 3.8) is 0 Å². The number of carbonyl (C=O) groups is 2. The summed E-state index contributed by atoms with van der Waals surface area (Å²) in [6.45, 7) is 5.80. The molecule has 0 bridgehead atoms. The van der Waals surface area contributed by atoms with Crippen molar-refractivity contribution in [3.8, 4) is 0 Å². The third kappa shape index (κ3) is 5.76. The number of nitrogens with one attached hydrogen (secondary N) is 3. The fourth-order valence-electron chi connectivity index (χ4n) is 1.68. The predicted molar refractivity (Wildman–Crippen MR) is 78.6 cm³/mol. The SMILES string of the molecule is CNc1ncc(F)cc1C(=O)NCCC(=O)NC(C)(C)C. The molecule has 0 aliphatic rings. The highest BCUT2D eigenvalue weighted by Gasteiger charge is 2.15. The molecule has 1 rings (SSSR count). The summed E-state index contributed by atoms with van der Waals surface area (Å²) in [4.78, 5) is 27.3. The summed E-state index contributed by atoms with van der Waals surface area (Å²) in [5.74, 6) is -0.943. The number of amides is 2. The molecule has 0 unspecified atom stereocenters. The van der Waals surface area contributed by atoms with Gasteiger partial charge in [0.25, 0.3) is 5.91 Å². The van der Waals surface area contributed by atoms with Gasteiger partial charge in [-0.2, -0.15) is 0 Å². The van der Waals surface area contributed by atoms with Crippen LogP contribution in [0.25, 0.3) is 0 Å². The van der Waals surface area contributed by atoms with Crippen LogP contribution in [0.15, 0.2) is 12.3 Å². The Balaban J connectivity index is 2.55. The van der Waals surface area contributed by atoms with Crippen LogP contribution in [-0.4, -0.2) is 35.9 Å². The van der Waals surface area contributed by atoms with Crippen LogP contribution >= 0.6 is 0 Å². The monoisotopic (exact) mass is 296 g/mol. The third-order valence-electron chi connectivity index (χ3n) is 2.49. The standard InChI is InChI=1S/C14H21FN4O2/c1-14(2,3)19-11(20)5-6-17-13(21)10-7-9(15)8-18-12(10)16-4/h7-8H,5-6H2,1-4H3,(H,16,18)(H,17,21)(H,19,20). The minimum atomic E-state index is -0.593. The zero-order valence-corrected chi connectivity index (χ0v) is 12.7. The van der Waals surface area contributed by atoms with E-state index in [1.54, 1.807) is 7.05 Å². The molecule has 1 aromatic heterocycles. The lowest BCUT2D eigenvalue weighted by Crippen LogP contribution is -2.42. The van der Waals surface area contributed by atoms with E-state index >= 15 is 0 Å². The zero-order chi connectivity index (χ0) is 16.0. The van der Waals surface area contributed by atoms with Gasteiger partial charge in [0.2, 0.25) is 5.91 Å². The first kappa shape index (κ1) is 16.9. The van der Waals surface area contributed by atoms with Crippen molar-refractivity contribution in [1.82, 2.24) is 15.6 Å². The second-order valence-corrected chi connectivity index (χ2v) is 5.60. The Hall–Kier alpha value is -2.18. The minimum absolute atomic E-state index is 0.105. The highest BCUT2D eigenvalue weighted by molar-refractivity contribution is 5.98. The molecule has 2 amide bonds.